The summed E-state index contributed by atoms with van der Waals surface area (Å²) in [6.07, 6.45) is 0.465. The Morgan fingerprint density at radius 1 is 1.13 bits per heavy atom. The monoisotopic (exact) mass is 413 g/mol. The topological polar surface area (TPSA) is 95.9 Å². The van der Waals surface area contributed by atoms with Gasteiger partial charge >= 0.3 is 5.69 Å². The van der Waals surface area contributed by atoms with Crippen molar-refractivity contribution in [3.8, 4) is 11.3 Å². The first-order valence-corrected chi connectivity index (χ1v) is 9.17. The molecular formula is C20H14F3N5O2. The van der Waals surface area contributed by atoms with Crippen molar-refractivity contribution in [2.75, 3.05) is 0 Å². The quantitative estimate of drug-likeness (QED) is 0.537. The van der Waals surface area contributed by atoms with Crippen molar-refractivity contribution in [1.29, 1.82) is 0 Å². The second kappa shape index (κ2) is 6.68. The zero-order valence-electron chi connectivity index (χ0n) is 15.3. The van der Waals surface area contributed by atoms with Gasteiger partial charge in [-0.15, -0.1) is 0 Å². The molecule has 0 spiro atoms. The number of nitrogens with zero attached hydrogens (tertiary/aromatic N) is 3. The number of H-pyrrole nitrogens is 2. The van der Waals surface area contributed by atoms with Gasteiger partial charge in [-0.3, -0.25) is 9.78 Å². The number of hydrogen-bond acceptors (Lipinski definition) is 4. The van der Waals surface area contributed by atoms with Gasteiger partial charge in [0.2, 0.25) is 5.95 Å². The van der Waals surface area contributed by atoms with Crippen LogP contribution >= 0.6 is 0 Å². The third-order valence-corrected chi connectivity index (χ3v) is 5.36. The molecule has 4 aromatic rings. The summed E-state index contributed by atoms with van der Waals surface area (Å²) in [5, 5.41) is 4.15. The highest BCUT2D eigenvalue weighted by atomic mass is 19.3. The maximum atomic E-state index is 14.2. The van der Waals surface area contributed by atoms with Crippen LogP contribution in [0.4, 0.5) is 13.2 Å². The van der Waals surface area contributed by atoms with Gasteiger partial charge < -0.3 is 4.98 Å². The van der Waals surface area contributed by atoms with Crippen molar-refractivity contribution in [3.05, 3.63) is 86.2 Å². The Bertz CT molecular complexity index is 1370. The largest absolute Gasteiger partial charge is 0.325 e. The number of fused-ring (bicyclic) bond motifs is 1. The number of benzene rings is 1. The Balaban J connectivity index is 1.58. The average Bonchev–Trinajstić information content (AvgIpc) is 3.44. The van der Waals surface area contributed by atoms with Crippen LogP contribution in [0.15, 0.2) is 52.3 Å². The van der Waals surface area contributed by atoms with E-state index in [1.807, 2.05) is 0 Å². The Kier molecular flexibility index (Phi) is 4.09. The molecular weight excluding hydrogens is 399 g/mol. The fraction of sp³-hybridized carbons (Fsp3) is 0.200. The lowest BCUT2D eigenvalue weighted by Crippen LogP contribution is -2.23. The summed E-state index contributed by atoms with van der Waals surface area (Å²) >= 11 is 0. The van der Waals surface area contributed by atoms with Gasteiger partial charge in [0.1, 0.15) is 0 Å². The molecule has 0 radical (unpaired) electrons. The molecule has 10 heteroatoms. The predicted molar refractivity (Wildman–Crippen MR) is 101 cm³/mol. The smallest absolute Gasteiger partial charge is 0.313 e. The molecule has 30 heavy (non-hydrogen) atoms. The van der Waals surface area contributed by atoms with Crippen LogP contribution in [-0.4, -0.2) is 24.6 Å². The minimum atomic E-state index is -2.53. The van der Waals surface area contributed by atoms with E-state index in [4.69, 9.17) is 0 Å². The normalized spacial score (nSPS) is 18.3. The molecule has 0 bridgehead atoms. The van der Waals surface area contributed by atoms with Crippen LogP contribution in [0.25, 0.3) is 16.9 Å². The molecule has 1 fully saturated rings. The third-order valence-electron chi connectivity index (χ3n) is 5.36. The summed E-state index contributed by atoms with van der Waals surface area (Å²) in [5.41, 5.74) is 0.841. The van der Waals surface area contributed by atoms with E-state index >= 15 is 0 Å². The van der Waals surface area contributed by atoms with Crippen LogP contribution in [0.2, 0.25) is 0 Å². The highest BCUT2D eigenvalue weighted by molar-refractivity contribution is 5.63. The minimum Gasteiger partial charge on any atom is -0.313 e. The van der Waals surface area contributed by atoms with Gasteiger partial charge in [0.15, 0.2) is 5.65 Å². The molecule has 1 saturated carbocycles. The molecule has 0 amide bonds. The molecule has 3 heterocycles. The van der Waals surface area contributed by atoms with E-state index in [9.17, 15) is 22.8 Å². The first-order chi connectivity index (χ1) is 14.4. The first-order valence-electron chi connectivity index (χ1n) is 9.17. The van der Waals surface area contributed by atoms with Crippen LogP contribution in [0.1, 0.15) is 41.4 Å². The molecule has 0 saturated heterocycles. The zero-order chi connectivity index (χ0) is 21.0. The lowest BCUT2D eigenvalue weighted by molar-refractivity contribution is 0.151. The van der Waals surface area contributed by atoms with E-state index in [1.54, 1.807) is 18.2 Å². The van der Waals surface area contributed by atoms with E-state index in [2.05, 4.69) is 20.1 Å². The molecule has 152 valence electrons. The summed E-state index contributed by atoms with van der Waals surface area (Å²) in [5.74, 6) is -0.660. The van der Waals surface area contributed by atoms with Crippen molar-refractivity contribution in [1.82, 2.24) is 24.6 Å². The highest BCUT2D eigenvalue weighted by Gasteiger charge is 2.41. The average molecular weight is 413 g/mol. The molecule has 1 aromatic carbocycles. The Morgan fingerprint density at radius 3 is 2.60 bits per heavy atom. The molecule has 1 aliphatic carbocycles. The van der Waals surface area contributed by atoms with Crippen LogP contribution in [0, 0.1) is 5.95 Å². The lowest BCUT2D eigenvalue weighted by Gasteiger charge is -2.08. The van der Waals surface area contributed by atoms with Crippen molar-refractivity contribution < 1.29 is 13.2 Å². The Labute approximate surface area is 166 Å². The highest BCUT2D eigenvalue weighted by Crippen LogP contribution is 2.55. The van der Waals surface area contributed by atoms with E-state index in [-0.39, 0.29) is 28.7 Å². The molecule has 0 aliphatic heterocycles. The molecule has 5 rings (SSSR count). The fourth-order valence-corrected chi connectivity index (χ4v) is 3.77. The Morgan fingerprint density at radius 2 is 1.90 bits per heavy atom. The number of alkyl halides is 2. The van der Waals surface area contributed by atoms with Crippen LogP contribution in [-0.2, 0) is 0 Å². The molecule has 2 N–H and O–H groups in total. The van der Waals surface area contributed by atoms with Gasteiger partial charge in [0.25, 0.3) is 12.0 Å². The van der Waals surface area contributed by atoms with Gasteiger partial charge in [-0.1, -0.05) is 24.3 Å². The summed E-state index contributed by atoms with van der Waals surface area (Å²) in [6, 6.07) is 7.80. The van der Waals surface area contributed by atoms with Gasteiger partial charge in [0, 0.05) is 17.3 Å². The predicted octanol–water partition coefficient (Wildman–Crippen LogP) is 3.12. The van der Waals surface area contributed by atoms with E-state index in [0.29, 0.717) is 11.2 Å². The Hall–Kier alpha value is -3.69. The number of imidazole rings is 1. The summed E-state index contributed by atoms with van der Waals surface area (Å²) < 4.78 is 40.8. The standard InChI is InChI=1S/C20H14F3N5O2/c21-16-8-24-18-13(12-5-11(12)9-1-3-10(4-2-9)17(22)23)6-15(27-28(16)18)14-7-25-20(30)26-19(14)29/h1-4,6-8,11-12,17H,5H2,(H2,25,26,29,30)/t11-,12+/m1/s1. The fourth-order valence-electron chi connectivity index (χ4n) is 3.77. The molecule has 1 aliphatic rings. The van der Waals surface area contributed by atoms with Gasteiger partial charge in [0.05, 0.1) is 17.5 Å². The number of aromatic nitrogens is 5. The summed E-state index contributed by atoms with van der Waals surface area (Å²) in [7, 11) is 0. The van der Waals surface area contributed by atoms with Gasteiger partial charge in [-0.2, -0.15) is 14.0 Å². The maximum absolute atomic E-state index is 14.2. The summed E-state index contributed by atoms with van der Waals surface area (Å²) in [4.78, 5) is 32.1. The van der Waals surface area contributed by atoms with Gasteiger partial charge in [-0.05, 0) is 29.9 Å². The molecule has 7 nitrogen and oxygen atoms in total. The number of halogens is 3. The lowest BCUT2D eigenvalue weighted by atomic mass is 10.0. The van der Waals surface area contributed by atoms with Crippen molar-refractivity contribution in [2.45, 2.75) is 24.7 Å². The molecule has 2 atom stereocenters. The SMILES string of the molecule is O=c1[nH]cc(-c2cc([C@H]3C[C@@H]3c3ccc(C(F)F)cc3)c3ncc(F)n3n2)c(=O)[nH]1. The maximum Gasteiger partial charge on any atom is 0.325 e. The first kappa shape index (κ1) is 18.3. The third kappa shape index (κ3) is 3.00. The molecule has 0 unspecified atom stereocenters. The van der Waals surface area contributed by atoms with Crippen molar-refractivity contribution in [3.63, 3.8) is 0 Å². The van der Waals surface area contributed by atoms with Crippen molar-refractivity contribution >= 4 is 5.65 Å². The van der Waals surface area contributed by atoms with E-state index < -0.39 is 23.6 Å². The van der Waals surface area contributed by atoms with Crippen LogP contribution in [0.3, 0.4) is 0 Å². The minimum absolute atomic E-state index is 0.0321. The number of hydrogen-bond donors (Lipinski definition) is 2. The number of aromatic amines is 2. The number of rotatable bonds is 4. The number of nitrogens with one attached hydrogen (secondary N) is 2. The van der Waals surface area contributed by atoms with Gasteiger partial charge in [-0.25, -0.2) is 18.6 Å². The van der Waals surface area contributed by atoms with Crippen LogP contribution in [0.5, 0.6) is 0 Å². The van der Waals surface area contributed by atoms with Crippen molar-refractivity contribution in [2.24, 2.45) is 0 Å². The summed E-state index contributed by atoms with van der Waals surface area (Å²) in [6.45, 7) is 0. The second-order valence-corrected chi connectivity index (χ2v) is 7.20. The second-order valence-electron chi connectivity index (χ2n) is 7.20. The molecule has 3 aromatic heterocycles. The zero-order valence-corrected chi connectivity index (χ0v) is 15.3. The van der Waals surface area contributed by atoms with E-state index in [1.165, 1.54) is 18.3 Å². The van der Waals surface area contributed by atoms with E-state index in [0.717, 1.165) is 22.7 Å². The van der Waals surface area contributed by atoms with Crippen LogP contribution < -0.4 is 11.2 Å².